The molecule has 0 heterocycles. The van der Waals surface area contributed by atoms with Gasteiger partial charge in [-0.15, -0.1) is 0 Å². The fraction of sp³-hybridized carbons (Fsp3) is 0.600. The Morgan fingerprint density at radius 2 is 2.17 bits per heavy atom. The summed E-state index contributed by atoms with van der Waals surface area (Å²) in [6.07, 6.45) is 6.09. The highest BCUT2D eigenvalue weighted by Crippen LogP contribution is 2.16. The summed E-state index contributed by atoms with van der Waals surface area (Å²) in [5, 5.41) is 0. The molecule has 0 atom stereocenters. The summed E-state index contributed by atoms with van der Waals surface area (Å²) < 4.78 is 11.3. The van der Waals surface area contributed by atoms with Crippen LogP contribution in [0.4, 0.5) is 4.53 Å². The molecule has 1 nitrogen and oxygen atoms in total. The van der Waals surface area contributed by atoms with Crippen molar-refractivity contribution in [3.05, 3.63) is 23.3 Å². The van der Waals surface area contributed by atoms with Crippen LogP contribution in [0.3, 0.4) is 0 Å². The Morgan fingerprint density at radius 1 is 1.50 bits per heavy atom. The minimum Gasteiger partial charge on any atom is -0.189 e. The number of hydrogen-bond donors (Lipinski definition) is 0. The van der Waals surface area contributed by atoms with E-state index in [-0.39, 0.29) is 6.61 Å². The van der Waals surface area contributed by atoms with Gasteiger partial charge in [0.2, 0.25) is 0 Å². The van der Waals surface area contributed by atoms with Gasteiger partial charge in [0.1, 0.15) is 6.61 Å². The van der Waals surface area contributed by atoms with E-state index in [1.54, 1.807) is 0 Å². The molecule has 2 heteroatoms. The molecular weight excluding hydrogens is 155 g/mol. The van der Waals surface area contributed by atoms with Crippen molar-refractivity contribution in [3.63, 3.8) is 0 Å². The SMILES string of the molecule is CC.CC1=CC(COF)=CCC1. The van der Waals surface area contributed by atoms with Gasteiger partial charge in [0, 0.05) is 0 Å². The predicted octanol–water partition coefficient (Wildman–Crippen LogP) is 3.58. The van der Waals surface area contributed by atoms with Gasteiger partial charge in [-0.3, -0.25) is 0 Å². The summed E-state index contributed by atoms with van der Waals surface area (Å²) in [6.45, 7) is 6.14. The monoisotopic (exact) mass is 172 g/mol. The molecule has 0 N–H and O–H groups in total. The molecule has 70 valence electrons. The van der Waals surface area contributed by atoms with Crippen molar-refractivity contribution in [2.75, 3.05) is 6.61 Å². The lowest BCUT2D eigenvalue weighted by molar-refractivity contribution is -0.120. The predicted molar refractivity (Wildman–Crippen MR) is 49.5 cm³/mol. The van der Waals surface area contributed by atoms with Gasteiger partial charge in [-0.2, -0.15) is 4.94 Å². The fourth-order valence-electron chi connectivity index (χ4n) is 1.10. The Hall–Kier alpha value is -0.630. The van der Waals surface area contributed by atoms with Gasteiger partial charge in [-0.05, 0) is 29.9 Å². The topological polar surface area (TPSA) is 9.23 Å². The van der Waals surface area contributed by atoms with Crippen LogP contribution in [0.1, 0.15) is 33.6 Å². The lowest BCUT2D eigenvalue weighted by Crippen LogP contribution is -1.94. The Labute approximate surface area is 73.8 Å². The summed E-state index contributed by atoms with van der Waals surface area (Å²) in [6, 6.07) is 0. The second-order valence-corrected chi connectivity index (χ2v) is 2.56. The minimum absolute atomic E-state index is 0.0946. The lowest BCUT2D eigenvalue weighted by Gasteiger charge is -2.07. The van der Waals surface area contributed by atoms with Gasteiger partial charge in [-0.1, -0.05) is 31.6 Å². The van der Waals surface area contributed by atoms with Gasteiger partial charge in [0.05, 0.1) is 0 Å². The van der Waals surface area contributed by atoms with E-state index in [0.717, 1.165) is 18.4 Å². The van der Waals surface area contributed by atoms with Crippen LogP contribution in [-0.4, -0.2) is 6.61 Å². The van der Waals surface area contributed by atoms with Crippen molar-refractivity contribution in [2.45, 2.75) is 33.6 Å². The van der Waals surface area contributed by atoms with Gasteiger partial charge in [0.25, 0.3) is 0 Å². The summed E-state index contributed by atoms with van der Waals surface area (Å²) in [5.41, 5.74) is 2.25. The molecule has 0 aromatic carbocycles. The first-order valence-corrected chi connectivity index (χ1v) is 4.42. The molecule has 12 heavy (non-hydrogen) atoms. The van der Waals surface area contributed by atoms with Crippen LogP contribution in [0.25, 0.3) is 0 Å². The number of allylic oxidation sites excluding steroid dienone is 2. The quantitative estimate of drug-likeness (QED) is 0.618. The molecule has 0 aliphatic heterocycles. The van der Waals surface area contributed by atoms with E-state index in [4.69, 9.17) is 0 Å². The first kappa shape index (κ1) is 11.4. The fourth-order valence-corrected chi connectivity index (χ4v) is 1.10. The van der Waals surface area contributed by atoms with Crippen molar-refractivity contribution >= 4 is 0 Å². The highest BCUT2D eigenvalue weighted by atomic mass is 19.3. The average molecular weight is 172 g/mol. The van der Waals surface area contributed by atoms with E-state index in [1.165, 1.54) is 5.57 Å². The molecule has 0 unspecified atom stereocenters. The molecular formula is C10H17FO. The zero-order valence-corrected chi connectivity index (χ0v) is 8.06. The molecule has 0 aromatic rings. The summed E-state index contributed by atoms with van der Waals surface area (Å²) in [4.78, 5) is 3.52. The highest BCUT2D eigenvalue weighted by Gasteiger charge is 2.00. The van der Waals surface area contributed by atoms with Crippen LogP contribution in [0.2, 0.25) is 0 Å². The molecule has 0 radical (unpaired) electrons. The zero-order chi connectivity index (χ0) is 9.40. The molecule has 0 aromatic heterocycles. The Kier molecular flexibility index (Phi) is 6.67. The maximum absolute atomic E-state index is 11.3. The second-order valence-electron chi connectivity index (χ2n) is 2.56. The third kappa shape index (κ3) is 4.29. The van der Waals surface area contributed by atoms with Crippen molar-refractivity contribution in [2.24, 2.45) is 0 Å². The summed E-state index contributed by atoms with van der Waals surface area (Å²) >= 11 is 0. The van der Waals surface area contributed by atoms with E-state index in [0.29, 0.717) is 0 Å². The molecule has 0 bridgehead atoms. The van der Waals surface area contributed by atoms with Crippen LogP contribution >= 0.6 is 0 Å². The lowest BCUT2D eigenvalue weighted by atomic mass is 10.0. The number of halogens is 1. The highest BCUT2D eigenvalue weighted by molar-refractivity contribution is 5.26. The molecule has 0 fully saturated rings. The maximum atomic E-state index is 11.3. The van der Waals surface area contributed by atoms with Crippen LogP contribution in [0.5, 0.6) is 0 Å². The standard InChI is InChI=1S/C8H11FO.C2H6/c1-7-3-2-4-8(5-7)6-10-9;1-2/h4-5H,2-3,6H2,1H3;1-2H3. The van der Waals surface area contributed by atoms with E-state index in [1.807, 2.05) is 32.9 Å². The summed E-state index contributed by atoms with van der Waals surface area (Å²) in [7, 11) is 0. The number of hydrogen-bond acceptors (Lipinski definition) is 1. The van der Waals surface area contributed by atoms with Crippen molar-refractivity contribution in [3.8, 4) is 0 Å². The first-order chi connectivity index (χ1) is 5.83. The number of rotatable bonds is 2. The average Bonchev–Trinajstić information content (AvgIpc) is 2.09. The molecule has 1 rings (SSSR count). The Morgan fingerprint density at radius 3 is 2.67 bits per heavy atom. The van der Waals surface area contributed by atoms with Crippen molar-refractivity contribution < 1.29 is 9.47 Å². The van der Waals surface area contributed by atoms with Crippen LogP contribution < -0.4 is 0 Å². The summed E-state index contributed by atoms with van der Waals surface area (Å²) in [5.74, 6) is 0. The maximum Gasteiger partial charge on any atom is 0.112 e. The Bertz CT molecular complexity index is 171. The van der Waals surface area contributed by atoms with Gasteiger partial charge >= 0.3 is 0 Å². The minimum atomic E-state index is 0.0946. The van der Waals surface area contributed by atoms with E-state index in [9.17, 15) is 4.53 Å². The van der Waals surface area contributed by atoms with Crippen molar-refractivity contribution in [1.29, 1.82) is 0 Å². The van der Waals surface area contributed by atoms with E-state index < -0.39 is 0 Å². The zero-order valence-electron chi connectivity index (χ0n) is 8.06. The largest absolute Gasteiger partial charge is 0.189 e. The van der Waals surface area contributed by atoms with Crippen LogP contribution in [-0.2, 0) is 4.94 Å². The molecule has 0 saturated heterocycles. The third-order valence-electron chi connectivity index (χ3n) is 1.60. The molecule has 0 saturated carbocycles. The van der Waals surface area contributed by atoms with Gasteiger partial charge in [0.15, 0.2) is 0 Å². The molecule has 1 aliphatic rings. The van der Waals surface area contributed by atoms with Gasteiger partial charge in [-0.25, -0.2) is 0 Å². The molecule has 0 spiro atoms. The van der Waals surface area contributed by atoms with E-state index >= 15 is 0 Å². The normalized spacial score (nSPS) is 15.7. The molecule has 1 aliphatic carbocycles. The van der Waals surface area contributed by atoms with Gasteiger partial charge < -0.3 is 0 Å². The Balaban J connectivity index is 0.000000561. The van der Waals surface area contributed by atoms with Crippen LogP contribution in [0.15, 0.2) is 23.3 Å². The first-order valence-electron chi connectivity index (χ1n) is 4.42. The smallest absolute Gasteiger partial charge is 0.112 e. The van der Waals surface area contributed by atoms with E-state index in [2.05, 4.69) is 4.94 Å². The second kappa shape index (κ2) is 7.04. The van der Waals surface area contributed by atoms with Crippen LogP contribution in [0, 0.1) is 0 Å². The third-order valence-corrected chi connectivity index (χ3v) is 1.60. The van der Waals surface area contributed by atoms with Crippen molar-refractivity contribution in [1.82, 2.24) is 0 Å². The molecule has 0 amide bonds.